The Morgan fingerprint density at radius 1 is 1.46 bits per heavy atom. The standard InChI is InChI=1S/C12H23N/c1-5-6-7-11(3)9-12(11,4)10(2)8-13/h5-6,10H,7-9,13H2,1-4H3/t10-,11?,12?/m0/s1. The summed E-state index contributed by atoms with van der Waals surface area (Å²) < 4.78 is 0. The first-order valence-corrected chi connectivity index (χ1v) is 5.31. The Morgan fingerprint density at radius 2 is 2.08 bits per heavy atom. The van der Waals surface area contributed by atoms with Crippen LogP contribution in [0.5, 0.6) is 0 Å². The van der Waals surface area contributed by atoms with Crippen molar-refractivity contribution < 1.29 is 0 Å². The van der Waals surface area contributed by atoms with Crippen LogP contribution in [0, 0.1) is 16.7 Å². The highest BCUT2D eigenvalue weighted by Crippen LogP contribution is 2.69. The second kappa shape index (κ2) is 3.45. The van der Waals surface area contributed by atoms with Gasteiger partial charge >= 0.3 is 0 Å². The second-order valence-electron chi connectivity index (χ2n) is 5.06. The predicted octanol–water partition coefficient (Wildman–Crippen LogP) is 2.96. The molecule has 1 aliphatic carbocycles. The van der Waals surface area contributed by atoms with Crippen molar-refractivity contribution in [3.63, 3.8) is 0 Å². The molecule has 0 aromatic rings. The molecule has 0 spiro atoms. The molecule has 0 bridgehead atoms. The highest BCUT2D eigenvalue weighted by Gasteiger charge is 2.61. The fraction of sp³-hybridized carbons (Fsp3) is 0.833. The Labute approximate surface area is 82.4 Å². The zero-order valence-corrected chi connectivity index (χ0v) is 9.43. The van der Waals surface area contributed by atoms with Crippen LogP contribution in [0.1, 0.15) is 40.5 Å². The summed E-state index contributed by atoms with van der Waals surface area (Å²) in [6.07, 6.45) is 6.98. The summed E-state index contributed by atoms with van der Waals surface area (Å²) in [6.45, 7) is 9.96. The third kappa shape index (κ3) is 1.67. The van der Waals surface area contributed by atoms with Crippen LogP contribution in [-0.4, -0.2) is 6.54 Å². The molecule has 1 fully saturated rings. The van der Waals surface area contributed by atoms with Crippen molar-refractivity contribution in [2.75, 3.05) is 6.54 Å². The van der Waals surface area contributed by atoms with Gasteiger partial charge in [0.05, 0.1) is 0 Å². The molecule has 0 aliphatic heterocycles. The van der Waals surface area contributed by atoms with Gasteiger partial charge in [-0.15, -0.1) is 0 Å². The fourth-order valence-corrected chi connectivity index (χ4v) is 2.48. The van der Waals surface area contributed by atoms with Crippen molar-refractivity contribution in [3.8, 4) is 0 Å². The van der Waals surface area contributed by atoms with E-state index in [1.54, 1.807) is 0 Å². The SMILES string of the molecule is CC=CCC1(C)CC1(C)[C@@H](C)CN. The molecular weight excluding hydrogens is 158 g/mol. The smallest absolute Gasteiger partial charge is 0.00461 e. The number of hydrogen-bond acceptors (Lipinski definition) is 1. The van der Waals surface area contributed by atoms with Gasteiger partial charge < -0.3 is 5.73 Å². The quantitative estimate of drug-likeness (QED) is 0.663. The lowest BCUT2D eigenvalue weighted by atomic mass is 9.83. The van der Waals surface area contributed by atoms with Crippen LogP contribution in [0.15, 0.2) is 12.2 Å². The van der Waals surface area contributed by atoms with E-state index in [1.807, 2.05) is 0 Å². The monoisotopic (exact) mass is 181 g/mol. The van der Waals surface area contributed by atoms with Crippen LogP contribution in [0.3, 0.4) is 0 Å². The van der Waals surface area contributed by atoms with Crippen molar-refractivity contribution in [3.05, 3.63) is 12.2 Å². The summed E-state index contributed by atoms with van der Waals surface area (Å²) in [5.41, 5.74) is 6.73. The maximum absolute atomic E-state index is 5.73. The van der Waals surface area contributed by atoms with E-state index in [0.717, 1.165) is 6.54 Å². The summed E-state index contributed by atoms with van der Waals surface area (Å²) in [5, 5.41) is 0. The molecule has 1 rings (SSSR count). The molecule has 76 valence electrons. The molecule has 1 nitrogen and oxygen atoms in total. The number of nitrogens with two attached hydrogens (primary N) is 1. The minimum absolute atomic E-state index is 0.487. The summed E-state index contributed by atoms with van der Waals surface area (Å²) in [7, 11) is 0. The highest BCUT2D eigenvalue weighted by atomic mass is 14.7. The molecule has 0 radical (unpaired) electrons. The van der Waals surface area contributed by atoms with Gasteiger partial charge in [-0.25, -0.2) is 0 Å². The van der Waals surface area contributed by atoms with E-state index >= 15 is 0 Å². The van der Waals surface area contributed by atoms with Gasteiger partial charge in [0.2, 0.25) is 0 Å². The first-order valence-electron chi connectivity index (χ1n) is 5.31. The molecule has 0 saturated heterocycles. The van der Waals surface area contributed by atoms with E-state index in [9.17, 15) is 0 Å². The summed E-state index contributed by atoms with van der Waals surface area (Å²) in [4.78, 5) is 0. The van der Waals surface area contributed by atoms with Gasteiger partial charge in [0, 0.05) is 0 Å². The van der Waals surface area contributed by atoms with Gasteiger partial charge in [-0.3, -0.25) is 0 Å². The van der Waals surface area contributed by atoms with Gasteiger partial charge in [-0.1, -0.05) is 32.9 Å². The second-order valence-corrected chi connectivity index (χ2v) is 5.06. The minimum Gasteiger partial charge on any atom is -0.330 e. The summed E-state index contributed by atoms with van der Waals surface area (Å²) >= 11 is 0. The Balaban J connectivity index is 2.58. The molecule has 0 aromatic heterocycles. The van der Waals surface area contributed by atoms with Crippen molar-refractivity contribution in [1.29, 1.82) is 0 Å². The van der Waals surface area contributed by atoms with Crippen LogP contribution in [0.25, 0.3) is 0 Å². The molecule has 3 atom stereocenters. The predicted molar refractivity (Wildman–Crippen MR) is 58.5 cm³/mol. The Kier molecular flexibility index (Phi) is 2.86. The van der Waals surface area contributed by atoms with Crippen molar-refractivity contribution in [2.45, 2.75) is 40.5 Å². The molecule has 0 heterocycles. The molecule has 0 amide bonds. The van der Waals surface area contributed by atoms with Gasteiger partial charge in [-0.05, 0) is 43.1 Å². The minimum atomic E-state index is 0.487. The summed E-state index contributed by atoms with van der Waals surface area (Å²) in [5.74, 6) is 0.655. The molecule has 1 aliphatic rings. The van der Waals surface area contributed by atoms with Crippen LogP contribution in [-0.2, 0) is 0 Å². The van der Waals surface area contributed by atoms with Crippen LogP contribution in [0.2, 0.25) is 0 Å². The van der Waals surface area contributed by atoms with E-state index in [4.69, 9.17) is 5.73 Å². The zero-order chi connectivity index (χ0) is 10.1. The summed E-state index contributed by atoms with van der Waals surface area (Å²) in [6, 6.07) is 0. The molecule has 2 N–H and O–H groups in total. The van der Waals surface area contributed by atoms with E-state index in [-0.39, 0.29) is 0 Å². The first kappa shape index (κ1) is 10.8. The molecule has 1 saturated carbocycles. The highest BCUT2D eigenvalue weighted by molar-refractivity contribution is 5.13. The molecule has 13 heavy (non-hydrogen) atoms. The van der Waals surface area contributed by atoms with Crippen LogP contribution >= 0.6 is 0 Å². The Morgan fingerprint density at radius 3 is 2.54 bits per heavy atom. The fourth-order valence-electron chi connectivity index (χ4n) is 2.48. The van der Waals surface area contributed by atoms with E-state index < -0.39 is 0 Å². The Bertz CT molecular complexity index is 209. The van der Waals surface area contributed by atoms with Crippen LogP contribution < -0.4 is 5.73 Å². The molecular formula is C12H23N. The first-order chi connectivity index (χ1) is 6.00. The van der Waals surface area contributed by atoms with Crippen molar-refractivity contribution in [1.82, 2.24) is 0 Å². The Hall–Kier alpha value is -0.300. The normalized spacial score (nSPS) is 41.0. The van der Waals surface area contributed by atoms with Crippen molar-refractivity contribution >= 4 is 0 Å². The maximum atomic E-state index is 5.73. The zero-order valence-electron chi connectivity index (χ0n) is 9.43. The van der Waals surface area contributed by atoms with E-state index in [0.29, 0.717) is 16.7 Å². The van der Waals surface area contributed by atoms with Gasteiger partial charge in [0.15, 0.2) is 0 Å². The third-order valence-corrected chi connectivity index (χ3v) is 4.26. The lowest BCUT2D eigenvalue weighted by molar-refractivity contribution is 0.281. The lowest BCUT2D eigenvalue weighted by Crippen LogP contribution is -2.23. The number of hydrogen-bond donors (Lipinski definition) is 1. The number of rotatable bonds is 4. The third-order valence-electron chi connectivity index (χ3n) is 4.26. The maximum Gasteiger partial charge on any atom is -0.00461 e. The molecule has 2 unspecified atom stereocenters. The van der Waals surface area contributed by atoms with Gasteiger partial charge in [-0.2, -0.15) is 0 Å². The van der Waals surface area contributed by atoms with Crippen LogP contribution in [0.4, 0.5) is 0 Å². The average molecular weight is 181 g/mol. The van der Waals surface area contributed by atoms with Crippen molar-refractivity contribution in [2.24, 2.45) is 22.5 Å². The molecule has 0 aromatic carbocycles. The number of allylic oxidation sites excluding steroid dienone is 2. The van der Waals surface area contributed by atoms with Gasteiger partial charge in [0.25, 0.3) is 0 Å². The van der Waals surface area contributed by atoms with Gasteiger partial charge in [0.1, 0.15) is 0 Å². The molecule has 1 heteroatoms. The lowest BCUT2D eigenvalue weighted by Gasteiger charge is -2.23. The van der Waals surface area contributed by atoms with E-state index in [1.165, 1.54) is 12.8 Å². The topological polar surface area (TPSA) is 26.0 Å². The average Bonchev–Trinajstić information content (AvgIpc) is 2.67. The van der Waals surface area contributed by atoms with E-state index in [2.05, 4.69) is 39.8 Å². The largest absolute Gasteiger partial charge is 0.330 e.